The molecule has 9 nitrogen and oxygen atoms in total. The van der Waals surface area contributed by atoms with E-state index in [9.17, 15) is 5.11 Å². The van der Waals surface area contributed by atoms with Crippen molar-refractivity contribution < 1.29 is 46.0 Å². The van der Waals surface area contributed by atoms with E-state index in [-0.39, 0.29) is 46.2 Å². The third kappa shape index (κ3) is 16.9. The number of rotatable bonds is 8. The van der Waals surface area contributed by atoms with E-state index in [4.69, 9.17) is 40.9 Å². The fourth-order valence-electron chi connectivity index (χ4n) is 2.61. The van der Waals surface area contributed by atoms with Crippen molar-refractivity contribution in [2.24, 2.45) is 0 Å². The van der Waals surface area contributed by atoms with Gasteiger partial charge in [0.05, 0.1) is 39.1 Å². The number of hydrogen-bond acceptors (Lipinski definition) is 9. The molecular weight excluding hydrogens is 492 g/mol. The summed E-state index contributed by atoms with van der Waals surface area (Å²) in [6.07, 6.45) is -0.0602. The molecule has 0 saturated carbocycles. The molecule has 0 heterocycles. The molecule has 9 heteroatoms. The Morgan fingerprint density at radius 2 is 0.737 bits per heavy atom. The maximum atomic E-state index is 11.4. The van der Waals surface area contributed by atoms with Gasteiger partial charge in [0.1, 0.15) is 5.60 Å². The molecule has 1 unspecified atom stereocenters. The molecule has 214 valence electrons. The smallest absolute Gasteiger partial charge is 0.140 e. The topological polar surface area (TPSA) is 182 Å². The predicted octanol–water partition coefficient (Wildman–Crippen LogP) is 0.633. The van der Waals surface area contributed by atoms with E-state index < -0.39 is 11.7 Å². The zero-order valence-electron chi connectivity index (χ0n) is 21.9. The van der Waals surface area contributed by atoms with Crippen molar-refractivity contribution in [1.82, 2.24) is 0 Å². The van der Waals surface area contributed by atoms with Crippen molar-refractivity contribution in [3.8, 4) is 0 Å². The summed E-state index contributed by atoms with van der Waals surface area (Å²) in [6.45, 7) is 1.08. The largest absolute Gasteiger partial charge is 0.396 e. The van der Waals surface area contributed by atoms with Crippen LogP contribution in [0.2, 0.25) is 0 Å². The van der Waals surface area contributed by atoms with E-state index in [0.29, 0.717) is 6.42 Å². The number of aliphatic hydroxyl groups is 9. The van der Waals surface area contributed by atoms with Crippen molar-refractivity contribution in [2.45, 2.75) is 25.0 Å². The standard InChI is InChI=1S/C19H16O.2C3H8O2.2C2H6O2/c20-19(16-10-4-1-5-11-16,17-12-6-2-7-13-17)18-14-8-3-9-15-18;1-3(5)2-4;4-2-1-3-5;2*3-1-2-4/h1-15,20H;3-5H,2H2,1H3;4-5H,1-3H2;2*3-4H,1-2H2. The van der Waals surface area contributed by atoms with Gasteiger partial charge in [0.25, 0.3) is 0 Å². The van der Waals surface area contributed by atoms with Crippen LogP contribution in [0.25, 0.3) is 0 Å². The first-order chi connectivity index (χ1) is 18.3. The quantitative estimate of drug-likeness (QED) is 0.187. The van der Waals surface area contributed by atoms with Crippen LogP contribution in [0.15, 0.2) is 91.0 Å². The molecule has 0 aromatic heterocycles. The highest BCUT2D eigenvalue weighted by Crippen LogP contribution is 2.36. The Morgan fingerprint density at radius 3 is 0.868 bits per heavy atom. The molecule has 38 heavy (non-hydrogen) atoms. The average Bonchev–Trinajstić information content (AvgIpc) is 2.99. The van der Waals surface area contributed by atoms with Crippen LogP contribution >= 0.6 is 0 Å². The summed E-state index contributed by atoms with van der Waals surface area (Å²) in [5.74, 6) is 0. The van der Waals surface area contributed by atoms with Gasteiger partial charge >= 0.3 is 0 Å². The minimum Gasteiger partial charge on any atom is -0.396 e. The molecule has 1 atom stereocenters. The summed E-state index contributed by atoms with van der Waals surface area (Å²) in [5.41, 5.74) is 1.50. The predicted molar refractivity (Wildman–Crippen MR) is 147 cm³/mol. The van der Waals surface area contributed by atoms with E-state index in [2.05, 4.69) is 0 Å². The summed E-state index contributed by atoms with van der Waals surface area (Å²) in [4.78, 5) is 0. The first kappa shape index (κ1) is 37.5. The summed E-state index contributed by atoms with van der Waals surface area (Å²) < 4.78 is 0. The van der Waals surface area contributed by atoms with Crippen molar-refractivity contribution in [2.75, 3.05) is 46.2 Å². The highest BCUT2D eigenvalue weighted by molar-refractivity contribution is 5.46. The molecule has 0 fully saturated rings. The van der Waals surface area contributed by atoms with Gasteiger partial charge in [0, 0.05) is 13.2 Å². The maximum Gasteiger partial charge on any atom is 0.140 e. The summed E-state index contributed by atoms with van der Waals surface area (Å²) in [5, 5.41) is 73.7. The monoisotopic (exact) mass is 536 g/mol. The molecule has 0 aliphatic heterocycles. The molecule has 0 aliphatic rings. The lowest BCUT2D eigenvalue weighted by atomic mass is 9.80. The minimum atomic E-state index is -1.12. The fraction of sp³-hybridized carbons (Fsp3) is 0.379. The van der Waals surface area contributed by atoms with Crippen LogP contribution in [-0.4, -0.2) is 98.3 Å². The van der Waals surface area contributed by atoms with Gasteiger partial charge < -0.3 is 46.0 Å². The van der Waals surface area contributed by atoms with Crippen molar-refractivity contribution in [3.63, 3.8) is 0 Å². The molecule has 0 radical (unpaired) electrons. The molecule has 3 aromatic rings. The fourth-order valence-corrected chi connectivity index (χ4v) is 2.61. The lowest BCUT2D eigenvalue weighted by molar-refractivity contribution is 0.110. The summed E-state index contributed by atoms with van der Waals surface area (Å²) in [7, 11) is 0. The molecule has 9 N–H and O–H groups in total. The lowest BCUT2D eigenvalue weighted by Gasteiger charge is -2.30. The molecule has 3 rings (SSSR count). The van der Waals surface area contributed by atoms with Gasteiger partial charge in [-0.05, 0) is 30.0 Å². The van der Waals surface area contributed by atoms with Crippen LogP contribution < -0.4 is 0 Å². The third-order valence-corrected chi connectivity index (χ3v) is 4.36. The first-order valence-corrected chi connectivity index (χ1v) is 12.2. The molecule has 3 aromatic carbocycles. The lowest BCUT2D eigenvalue weighted by Crippen LogP contribution is -2.28. The summed E-state index contributed by atoms with van der Waals surface area (Å²) in [6, 6.07) is 29.3. The van der Waals surface area contributed by atoms with E-state index in [1.807, 2.05) is 91.0 Å². The molecule has 0 bridgehead atoms. The molecule has 0 spiro atoms. The number of aliphatic hydroxyl groups excluding tert-OH is 8. The highest BCUT2D eigenvalue weighted by atomic mass is 16.3. The van der Waals surface area contributed by atoms with Gasteiger partial charge in [0.15, 0.2) is 0 Å². The Bertz CT molecular complexity index is 741. The minimum absolute atomic E-state index is 0.0938. The van der Waals surface area contributed by atoms with Gasteiger partial charge in [-0.15, -0.1) is 0 Å². The van der Waals surface area contributed by atoms with Crippen molar-refractivity contribution in [1.29, 1.82) is 0 Å². The van der Waals surface area contributed by atoms with Gasteiger partial charge in [-0.1, -0.05) is 91.0 Å². The highest BCUT2D eigenvalue weighted by Gasteiger charge is 2.33. The van der Waals surface area contributed by atoms with E-state index >= 15 is 0 Å². The van der Waals surface area contributed by atoms with Gasteiger partial charge in [-0.3, -0.25) is 0 Å². The Morgan fingerprint density at radius 1 is 0.500 bits per heavy atom. The zero-order valence-corrected chi connectivity index (χ0v) is 21.9. The zero-order chi connectivity index (χ0) is 29.1. The van der Waals surface area contributed by atoms with Crippen LogP contribution in [0.3, 0.4) is 0 Å². The normalized spacial score (nSPS) is 10.6. The van der Waals surface area contributed by atoms with Crippen LogP contribution in [0.5, 0.6) is 0 Å². The van der Waals surface area contributed by atoms with E-state index in [0.717, 1.165) is 16.7 Å². The molecule has 0 amide bonds. The van der Waals surface area contributed by atoms with E-state index in [1.54, 1.807) is 0 Å². The van der Waals surface area contributed by atoms with Crippen LogP contribution in [0.1, 0.15) is 30.0 Å². The Balaban J connectivity index is 0. The maximum absolute atomic E-state index is 11.4. The van der Waals surface area contributed by atoms with E-state index in [1.165, 1.54) is 6.92 Å². The second-order valence-electron chi connectivity index (χ2n) is 7.54. The van der Waals surface area contributed by atoms with Crippen LogP contribution in [0, 0.1) is 0 Å². The molecule has 0 saturated heterocycles. The Labute approximate surface area is 225 Å². The van der Waals surface area contributed by atoms with Crippen LogP contribution in [0.4, 0.5) is 0 Å². The molecule has 0 aliphatic carbocycles. The van der Waals surface area contributed by atoms with Gasteiger partial charge in [-0.25, -0.2) is 0 Å². The van der Waals surface area contributed by atoms with Crippen LogP contribution in [-0.2, 0) is 5.60 Å². The van der Waals surface area contributed by atoms with Gasteiger partial charge in [0.2, 0.25) is 0 Å². The Kier molecular flexibility index (Phi) is 25.6. The van der Waals surface area contributed by atoms with Crippen molar-refractivity contribution in [3.05, 3.63) is 108 Å². The SMILES string of the molecule is CC(O)CO.OC(c1ccccc1)(c1ccccc1)c1ccccc1.OCCCO.OCCO.OCCO. The second kappa shape index (κ2) is 25.9. The average molecular weight is 537 g/mol. The van der Waals surface area contributed by atoms with Gasteiger partial charge in [-0.2, -0.15) is 0 Å². The first-order valence-electron chi connectivity index (χ1n) is 12.2. The third-order valence-electron chi connectivity index (χ3n) is 4.36. The second-order valence-corrected chi connectivity index (χ2v) is 7.54. The number of benzene rings is 3. The van der Waals surface area contributed by atoms with Crippen molar-refractivity contribution >= 4 is 0 Å². The molecular formula is C29H44O9. The summed E-state index contributed by atoms with van der Waals surface area (Å²) >= 11 is 0. The number of hydrogen-bond donors (Lipinski definition) is 9. The Hall–Kier alpha value is -2.70.